The second-order valence-corrected chi connectivity index (χ2v) is 8.91. The van der Waals surface area contributed by atoms with E-state index < -0.39 is 9.84 Å². The molecule has 0 spiro atoms. The standard InChI is InChI=1S/C16H18N2O3S2/c17-13(11-6-7-11)10-18-16(19)14-8-9-15(22-14)23(20,21)12-4-2-1-3-5-12/h1-5,8-9,11,13H,6-7,10,17H2,(H,18,19). The number of rotatable bonds is 6. The molecule has 23 heavy (non-hydrogen) atoms. The van der Waals surface area contributed by atoms with Gasteiger partial charge < -0.3 is 11.1 Å². The summed E-state index contributed by atoms with van der Waals surface area (Å²) in [5.41, 5.74) is 5.95. The number of sulfone groups is 1. The fourth-order valence-electron chi connectivity index (χ4n) is 2.29. The maximum atomic E-state index is 12.5. The predicted octanol–water partition coefficient (Wildman–Crippen LogP) is 2.05. The third-order valence-electron chi connectivity index (χ3n) is 3.85. The molecule has 1 unspecified atom stereocenters. The summed E-state index contributed by atoms with van der Waals surface area (Å²) in [7, 11) is -3.57. The quantitative estimate of drug-likeness (QED) is 0.834. The first kappa shape index (κ1) is 16.2. The molecular formula is C16H18N2O3S2. The first-order valence-electron chi connectivity index (χ1n) is 7.42. The van der Waals surface area contributed by atoms with Crippen LogP contribution >= 0.6 is 11.3 Å². The maximum Gasteiger partial charge on any atom is 0.261 e. The van der Waals surface area contributed by atoms with Crippen LogP contribution < -0.4 is 11.1 Å². The zero-order valence-corrected chi connectivity index (χ0v) is 14.1. The summed E-state index contributed by atoms with van der Waals surface area (Å²) in [6, 6.07) is 11.2. The Morgan fingerprint density at radius 3 is 2.57 bits per heavy atom. The minimum Gasteiger partial charge on any atom is -0.350 e. The number of hydrogen-bond donors (Lipinski definition) is 2. The van der Waals surface area contributed by atoms with Crippen molar-refractivity contribution in [2.45, 2.75) is 28.0 Å². The minimum atomic E-state index is -3.57. The van der Waals surface area contributed by atoms with Crippen LogP contribution in [-0.2, 0) is 9.84 Å². The van der Waals surface area contributed by atoms with Gasteiger partial charge in [0.25, 0.3) is 5.91 Å². The first-order chi connectivity index (χ1) is 11.0. The van der Waals surface area contributed by atoms with Gasteiger partial charge in [0.05, 0.1) is 9.77 Å². The molecule has 0 bridgehead atoms. The van der Waals surface area contributed by atoms with Crippen molar-refractivity contribution in [3.63, 3.8) is 0 Å². The van der Waals surface area contributed by atoms with E-state index in [1.54, 1.807) is 36.4 Å². The molecule has 1 aromatic carbocycles. The minimum absolute atomic E-state index is 0.0218. The lowest BCUT2D eigenvalue weighted by molar-refractivity contribution is 0.0954. The summed E-state index contributed by atoms with van der Waals surface area (Å²) < 4.78 is 25.2. The number of hydrogen-bond acceptors (Lipinski definition) is 5. The Morgan fingerprint density at radius 1 is 1.22 bits per heavy atom. The molecule has 1 aliphatic rings. The Balaban J connectivity index is 1.71. The van der Waals surface area contributed by atoms with E-state index in [1.807, 2.05) is 0 Å². The third-order valence-corrected chi connectivity index (χ3v) is 7.19. The van der Waals surface area contributed by atoms with Crippen LogP contribution in [0.15, 0.2) is 51.6 Å². The normalized spacial score (nSPS) is 16.0. The number of carbonyl (C=O) groups is 1. The van der Waals surface area contributed by atoms with Gasteiger partial charge in [0.2, 0.25) is 9.84 Å². The summed E-state index contributed by atoms with van der Waals surface area (Å²) in [5.74, 6) is 0.230. The van der Waals surface area contributed by atoms with E-state index >= 15 is 0 Å². The highest BCUT2D eigenvalue weighted by Crippen LogP contribution is 2.31. The van der Waals surface area contributed by atoms with Crippen molar-refractivity contribution in [2.75, 3.05) is 6.54 Å². The molecule has 1 atom stereocenters. The fraction of sp³-hybridized carbons (Fsp3) is 0.312. The fourth-order valence-corrected chi connectivity index (χ4v) is 4.94. The van der Waals surface area contributed by atoms with Gasteiger partial charge in [-0.2, -0.15) is 0 Å². The van der Waals surface area contributed by atoms with Crippen molar-refractivity contribution >= 4 is 27.1 Å². The summed E-state index contributed by atoms with van der Waals surface area (Å²) in [6.07, 6.45) is 2.24. The van der Waals surface area contributed by atoms with Crippen LogP contribution in [0.2, 0.25) is 0 Å². The van der Waals surface area contributed by atoms with E-state index in [0.717, 1.165) is 24.2 Å². The van der Waals surface area contributed by atoms with Crippen molar-refractivity contribution < 1.29 is 13.2 Å². The van der Waals surface area contributed by atoms with Crippen LogP contribution in [-0.4, -0.2) is 26.9 Å². The number of amides is 1. The molecule has 1 heterocycles. The lowest BCUT2D eigenvalue weighted by Gasteiger charge is -2.10. The van der Waals surface area contributed by atoms with Gasteiger partial charge in [-0.15, -0.1) is 11.3 Å². The average Bonchev–Trinajstić information content (AvgIpc) is 3.29. The van der Waals surface area contributed by atoms with Crippen molar-refractivity contribution in [1.29, 1.82) is 0 Å². The summed E-state index contributed by atoms with van der Waals surface area (Å²) in [6.45, 7) is 0.419. The zero-order valence-electron chi connectivity index (χ0n) is 12.4. The van der Waals surface area contributed by atoms with E-state index in [0.29, 0.717) is 17.3 Å². The Bertz CT molecular complexity index is 796. The highest BCUT2D eigenvalue weighted by Gasteiger charge is 2.29. The third kappa shape index (κ3) is 3.63. The Hall–Kier alpha value is -1.70. The molecule has 1 amide bonds. The van der Waals surface area contributed by atoms with Gasteiger partial charge >= 0.3 is 0 Å². The van der Waals surface area contributed by atoms with Gasteiger partial charge in [-0.25, -0.2) is 8.42 Å². The maximum absolute atomic E-state index is 12.5. The molecular weight excluding hydrogens is 332 g/mol. The van der Waals surface area contributed by atoms with Crippen molar-refractivity contribution in [3.05, 3.63) is 47.3 Å². The van der Waals surface area contributed by atoms with E-state index in [-0.39, 0.29) is 21.1 Å². The van der Waals surface area contributed by atoms with E-state index in [4.69, 9.17) is 5.73 Å². The lowest BCUT2D eigenvalue weighted by Crippen LogP contribution is -2.38. The molecule has 3 rings (SSSR count). The monoisotopic (exact) mass is 350 g/mol. The molecule has 1 saturated carbocycles. The van der Waals surface area contributed by atoms with Crippen molar-refractivity contribution in [1.82, 2.24) is 5.32 Å². The van der Waals surface area contributed by atoms with Crippen molar-refractivity contribution in [2.24, 2.45) is 11.7 Å². The molecule has 2 aromatic rings. The van der Waals surface area contributed by atoms with Gasteiger partial charge in [0.1, 0.15) is 4.21 Å². The van der Waals surface area contributed by atoms with Crippen LogP contribution in [0.5, 0.6) is 0 Å². The first-order valence-corrected chi connectivity index (χ1v) is 9.72. The molecule has 0 saturated heterocycles. The van der Waals surface area contributed by atoms with Gasteiger partial charge in [0.15, 0.2) is 0 Å². The molecule has 1 aliphatic carbocycles. The van der Waals surface area contributed by atoms with Gasteiger partial charge in [-0.1, -0.05) is 18.2 Å². The smallest absolute Gasteiger partial charge is 0.261 e. The molecule has 1 fully saturated rings. The Labute approximate surface area is 139 Å². The summed E-state index contributed by atoms with van der Waals surface area (Å²) >= 11 is 0.978. The van der Waals surface area contributed by atoms with Crippen LogP contribution in [0.25, 0.3) is 0 Å². The average molecular weight is 350 g/mol. The number of thiophene rings is 1. The number of nitrogens with two attached hydrogens (primary N) is 1. The highest BCUT2D eigenvalue weighted by molar-refractivity contribution is 7.93. The van der Waals surface area contributed by atoms with Crippen LogP contribution in [0.1, 0.15) is 22.5 Å². The molecule has 3 N–H and O–H groups in total. The zero-order chi connectivity index (χ0) is 16.4. The second-order valence-electron chi connectivity index (χ2n) is 5.65. The number of carbonyl (C=O) groups excluding carboxylic acids is 1. The number of nitrogens with one attached hydrogen (secondary N) is 1. The van der Waals surface area contributed by atoms with E-state index in [2.05, 4.69) is 5.32 Å². The van der Waals surface area contributed by atoms with Crippen LogP contribution in [0, 0.1) is 5.92 Å². The second kappa shape index (κ2) is 6.43. The van der Waals surface area contributed by atoms with Crippen LogP contribution in [0.3, 0.4) is 0 Å². The molecule has 0 aliphatic heterocycles. The van der Waals surface area contributed by atoms with Gasteiger partial charge in [0, 0.05) is 12.6 Å². The molecule has 0 radical (unpaired) electrons. The van der Waals surface area contributed by atoms with E-state index in [9.17, 15) is 13.2 Å². The van der Waals surface area contributed by atoms with Crippen molar-refractivity contribution in [3.8, 4) is 0 Å². The molecule has 7 heteroatoms. The summed E-state index contributed by atoms with van der Waals surface area (Å²) in [4.78, 5) is 12.7. The van der Waals surface area contributed by atoms with Gasteiger partial charge in [-0.05, 0) is 43.0 Å². The summed E-state index contributed by atoms with van der Waals surface area (Å²) in [5, 5.41) is 2.78. The largest absolute Gasteiger partial charge is 0.350 e. The Kier molecular flexibility index (Phi) is 4.52. The number of benzene rings is 1. The lowest BCUT2D eigenvalue weighted by atomic mass is 10.2. The SMILES string of the molecule is NC(CNC(=O)c1ccc(S(=O)(=O)c2ccccc2)s1)C1CC1. The molecule has 122 valence electrons. The van der Waals surface area contributed by atoms with E-state index in [1.165, 1.54) is 6.07 Å². The predicted molar refractivity (Wildman–Crippen MR) is 89.2 cm³/mol. The van der Waals surface area contributed by atoms with Gasteiger partial charge in [-0.3, -0.25) is 4.79 Å². The topological polar surface area (TPSA) is 89.3 Å². The molecule has 5 nitrogen and oxygen atoms in total. The van der Waals surface area contributed by atoms with Crippen LogP contribution in [0.4, 0.5) is 0 Å². The molecule has 1 aromatic heterocycles. The highest BCUT2D eigenvalue weighted by atomic mass is 32.2. The Morgan fingerprint density at radius 2 is 1.91 bits per heavy atom.